The molecule has 2 N–H and O–H groups in total. The molecule has 1 heterocycles. The van der Waals surface area contributed by atoms with Crippen LogP contribution in [-0.4, -0.2) is 15.6 Å². The summed E-state index contributed by atoms with van der Waals surface area (Å²) in [5, 5.41) is 0. The van der Waals surface area contributed by atoms with Crippen LogP contribution in [0, 0.1) is 5.92 Å². The molecule has 78 valence electrons. The summed E-state index contributed by atoms with van der Waals surface area (Å²) in [7, 11) is 2.03. The Balaban J connectivity index is 1.81. The Hall–Kier alpha value is -0.830. The number of hydrogen-bond donors (Lipinski definition) is 1. The second kappa shape index (κ2) is 4.13. The van der Waals surface area contributed by atoms with Gasteiger partial charge in [-0.1, -0.05) is 19.3 Å². The van der Waals surface area contributed by atoms with Crippen LogP contribution in [0.25, 0.3) is 0 Å². The van der Waals surface area contributed by atoms with Crippen molar-refractivity contribution in [3.63, 3.8) is 0 Å². The molecule has 1 aromatic rings. The molecule has 1 aromatic heterocycles. The summed E-state index contributed by atoms with van der Waals surface area (Å²) in [6, 6.07) is 0.293. The van der Waals surface area contributed by atoms with Crippen LogP contribution >= 0.6 is 0 Å². The van der Waals surface area contributed by atoms with Gasteiger partial charge in [-0.3, -0.25) is 0 Å². The number of imidazole rings is 1. The van der Waals surface area contributed by atoms with E-state index in [9.17, 15) is 0 Å². The zero-order chi connectivity index (χ0) is 9.97. The summed E-state index contributed by atoms with van der Waals surface area (Å²) in [5.74, 6) is 2.00. The van der Waals surface area contributed by atoms with Gasteiger partial charge in [-0.25, -0.2) is 4.98 Å². The van der Waals surface area contributed by atoms with E-state index in [-0.39, 0.29) is 0 Å². The van der Waals surface area contributed by atoms with Gasteiger partial charge in [-0.2, -0.15) is 0 Å². The molecule has 0 aliphatic heterocycles. The SMILES string of the molecule is Cn1ccnc1CC(N)CC1CCC1. The van der Waals surface area contributed by atoms with Crippen molar-refractivity contribution in [3.05, 3.63) is 18.2 Å². The third-order valence-electron chi connectivity index (χ3n) is 3.23. The highest BCUT2D eigenvalue weighted by molar-refractivity contribution is 4.94. The summed E-state index contributed by atoms with van der Waals surface area (Å²) in [4.78, 5) is 4.29. The second-order valence-corrected chi connectivity index (χ2v) is 4.45. The molecule has 14 heavy (non-hydrogen) atoms. The minimum Gasteiger partial charge on any atom is -0.338 e. The number of hydrogen-bond acceptors (Lipinski definition) is 2. The van der Waals surface area contributed by atoms with Gasteiger partial charge in [-0.15, -0.1) is 0 Å². The van der Waals surface area contributed by atoms with E-state index in [1.54, 1.807) is 0 Å². The quantitative estimate of drug-likeness (QED) is 0.787. The summed E-state index contributed by atoms with van der Waals surface area (Å²) in [6.07, 6.45) is 10.1. The highest BCUT2D eigenvalue weighted by Crippen LogP contribution is 2.30. The van der Waals surface area contributed by atoms with Crippen molar-refractivity contribution in [2.45, 2.75) is 38.1 Å². The van der Waals surface area contributed by atoms with Crippen molar-refractivity contribution in [3.8, 4) is 0 Å². The number of aryl methyl sites for hydroxylation is 1. The van der Waals surface area contributed by atoms with Crippen molar-refractivity contribution < 1.29 is 0 Å². The molecule has 3 heteroatoms. The van der Waals surface area contributed by atoms with Crippen LogP contribution in [0.1, 0.15) is 31.5 Å². The molecule has 1 aliphatic rings. The van der Waals surface area contributed by atoms with Crippen molar-refractivity contribution >= 4 is 0 Å². The third kappa shape index (κ3) is 2.15. The van der Waals surface area contributed by atoms with E-state index in [4.69, 9.17) is 5.73 Å². The van der Waals surface area contributed by atoms with Crippen molar-refractivity contribution in [2.75, 3.05) is 0 Å². The normalized spacial score (nSPS) is 19.3. The number of aromatic nitrogens is 2. The molecule has 0 spiro atoms. The Bertz CT molecular complexity index is 288. The molecule has 3 nitrogen and oxygen atoms in total. The van der Waals surface area contributed by atoms with E-state index in [0.717, 1.165) is 18.2 Å². The van der Waals surface area contributed by atoms with Crippen molar-refractivity contribution in [2.24, 2.45) is 18.7 Å². The maximum Gasteiger partial charge on any atom is 0.109 e. The van der Waals surface area contributed by atoms with Gasteiger partial charge in [0, 0.05) is 31.9 Å². The predicted molar refractivity (Wildman–Crippen MR) is 56.8 cm³/mol. The molecule has 0 amide bonds. The molecule has 1 fully saturated rings. The minimum atomic E-state index is 0.293. The first-order valence-electron chi connectivity index (χ1n) is 5.47. The Morgan fingerprint density at radius 1 is 1.64 bits per heavy atom. The lowest BCUT2D eigenvalue weighted by atomic mass is 9.80. The lowest BCUT2D eigenvalue weighted by Gasteiger charge is -2.27. The van der Waals surface area contributed by atoms with Gasteiger partial charge in [0.15, 0.2) is 0 Å². The van der Waals surface area contributed by atoms with E-state index in [0.29, 0.717) is 6.04 Å². The fraction of sp³-hybridized carbons (Fsp3) is 0.727. The van der Waals surface area contributed by atoms with E-state index >= 15 is 0 Å². The second-order valence-electron chi connectivity index (χ2n) is 4.45. The van der Waals surface area contributed by atoms with Crippen LogP contribution in [-0.2, 0) is 13.5 Å². The van der Waals surface area contributed by atoms with Crippen LogP contribution in [0.5, 0.6) is 0 Å². The molecule has 0 aromatic carbocycles. The van der Waals surface area contributed by atoms with Crippen LogP contribution in [0.15, 0.2) is 12.4 Å². The number of nitrogens with zero attached hydrogens (tertiary/aromatic N) is 2. The molecule has 0 radical (unpaired) electrons. The fourth-order valence-corrected chi connectivity index (χ4v) is 2.07. The topological polar surface area (TPSA) is 43.8 Å². The molecular formula is C11H19N3. The van der Waals surface area contributed by atoms with Crippen LogP contribution in [0.4, 0.5) is 0 Å². The van der Waals surface area contributed by atoms with E-state index in [2.05, 4.69) is 9.55 Å². The molecule has 1 unspecified atom stereocenters. The van der Waals surface area contributed by atoms with Crippen molar-refractivity contribution in [1.82, 2.24) is 9.55 Å². The summed E-state index contributed by atoms with van der Waals surface area (Å²) in [5.41, 5.74) is 6.09. The average molecular weight is 193 g/mol. The van der Waals surface area contributed by atoms with Gasteiger partial charge in [0.25, 0.3) is 0 Å². The standard InChI is InChI=1S/C11H19N3/c1-14-6-5-13-11(14)8-10(12)7-9-3-2-4-9/h5-6,9-10H,2-4,7-8,12H2,1H3. The zero-order valence-electron chi connectivity index (χ0n) is 8.82. The van der Waals surface area contributed by atoms with Crippen LogP contribution in [0.2, 0.25) is 0 Å². The smallest absolute Gasteiger partial charge is 0.109 e. The summed E-state index contributed by atoms with van der Waals surface area (Å²) < 4.78 is 2.06. The van der Waals surface area contributed by atoms with Crippen molar-refractivity contribution in [1.29, 1.82) is 0 Å². The Morgan fingerprint density at radius 2 is 2.43 bits per heavy atom. The third-order valence-corrected chi connectivity index (χ3v) is 3.23. The van der Waals surface area contributed by atoms with Gasteiger partial charge < -0.3 is 10.3 Å². The number of rotatable bonds is 4. The molecule has 0 bridgehead atoms. The highest BCUT2D eigenvalue weighted by atomic mass is 15.0. The first kappa shape index (κ1) is 9.71. The molecule has 2 rings (SSSR count). The Kier molecular flexibility index (Phi) is 2.87. The summed E-state index contributed by atoms with van der Waals surface area (Å²) >= 11 is 0. The van der Waals surface area contributed by atoms with E-state index in [1.807, 2.05) is 19.4 Å². The monoisotopic (exact) mass is 193 g/mol. The van der Waals surface area contributed by atoms with E-state index in [1.165, 1.54) is 25.7 Å². The maximum atomic E-state index is 6.09. The predicted octanol–water partition coefficient (Wildman–Crippen LogP) is 1.48. The highest BCUT2D eigenvalue weighted by Gasteiger charge is 2.20. The Morgan fingerprint density at radius 3 is 2.93 bits per heavy atom. The zero-order valence-corrected chi connectivity index (χ0v) is 8.82. The van der Waals surface area contributed by atoms with Gasteiger partial charge in [0.2, 0.25) is 0 Å². The Labute approximate surface area is 85.3 Å². The summed E-state index contributed by atoms with van der Waals surface area (Å²) in [6.45, 7) is 0. The van der Waals surface area contributed by atoms with Crippen LogP contribution in [0.3, 0.4) is 0 Å². The van der Waals surface area contributed by atoms with Crippen LogP contribution < -0.4 is 5.73 Å². The number of nitrogens with two attached hydrogens (primary N) is 1. The van der Waals surface area contributed by atoms with E-state index < -0.39 is 0 Å². The maximum absolute atomic E-state index is 6.09. The molecule has 1 saturated carbocycles. The molecule has 0 saturated heterocycles. The first-order chi connectivity index (χ1) is 6.75. The minimum absolute atomic E-state index is 0.293. The van der Waals surface area contributed by atoms with Gasteiger partial charge in [-0.05, 0) is 12.3 Å². The molecular weight excluding hydrogens is 174 g/mol. The fourth-order valence-electron chi connectivity index (χ4n) is 2.07. The molecule has 1 atom stereocenters. The molecule has 1 aliphatic carbocycles. The lowest BCUT2D eigenvalue weighted by molar-refractivity contribution is 0.274. The lowest BCUT2D eigenvalue weighted by Crippen LogP contribution is -2.29. The first-order valence-corrected chi connectivity index (χ1v) is 5.47. The largest absolute Gasteiger partial charge is 0.338 e. The average Bonchev–Trinajstić information content (AvgIpc) is 2.45. The van der Waals surface area contributed by atoms with Gasteiger partial charge in [0.05, 0.1) is 0 Å². The van der Waals surface area contributed by atoms with Gasteiger partial charge >= 0.3 is 0 Å². The van der Waals surface area contributed by atoms with Gasteiger partial charge in [0.1, 0.15) is 5.82 Å².